The molecule has 27 heavy (non-hydrogen) atoms. The van der Waals surface area contributed by atoms with Gasteiger partial charge in [-0.3, -0.25) is 9.20 Å². The normalized spacial score (nSPS) is 11.0. The highest BCUT2D eigenvalue weighted by Crippen LogP contribution is 2.25. The van der Waals surface area contributed by atoms with E-state index in [1.807, 2.05) is 61.7 Å². The Bertz CT molecular complexity index is 1080. The molecule has 0 unspecified atom stereocenters. The number of amides is 1. The Morgan fingerprint density at radius 3 is 2.63 bits per heavy atom. The van der Waals surface area contributed by atoms with E-state index in [0.717, 1.165) is 27.6 Å². The van der Waals surface area contributed by atoms with Crippen LogP contribution in [0, 0.1) is 6.92 Å². The van der Waals surface area contributed by atoms with E-state index in [1.54, 1.807) is 11.3 Å². The Hall–Kier alpha value is -2.63. The number of hydrogen-bond acceptors (Lipinski definition) is 3. The number of halogens is 1. The van der Waals surface area contributed by atoms with Gasteiger partial charge in [-0.15, -0.1) is 11.3 Å². The average molecular weight is 396 g/mol. The minimum Gasteiger partial charge on any atom is -0.326 e. The van der Waals surface area contributed by atoms with E-state index in [2.05, 4.69) is 20.1 Å². The Balaban J connectivity index is 1.45. The van der Waals surface area contributed by atoms with Crippen LogP contribution in [0.15, 0.2) is 60.1 Å². The fourth-order valence-corrected chi connectivity index (χ4v) is 3.90. The lowest BCUT2D eigenvalue weighted by molar-refractivity contribution is -0.116. The molecule has 0 saturated carbocycles. The van der Waals surface area contributed by atoms with Crippen molar-refractivity contribution in [2.45, 2.75) is 19.8 Å². The zero-order chi connectivity index (χ0) is 18.8. The largest absolute Gasteiger partial charge is 0.326 e. The number of aryl methyl sites for hydroxylation is 2. The van der Waals surface area contributed by atoms with Gasteiger partial charge in [0.15, 0.2) is 4.96 Å². The zero-order valence-electron chi connectivity index (χ0n) is 14.8. The second-order valence-corrected chi connectivity index (χ2v) is 7.70. The van der Waals surface area contributed by atoms with Gasteiger partial charge in [0.1, 0.15) is 0 Å². The number of fused-ring (bicyclic) bond motifs is 1. The van der Waals surface area contributed by atoms with Crippen molar-refractivity contribution in [1.82, 2.24) is 9.38 Å². The molecule has 4 rings (SSSR count). The first-order valence-electron chi connectivity index (χ1n) is 8.66. The van der Waals surface area contributed by atoms with E-state index in [9.17, 15) is 4.79 Å². The van der Waals surface area contributed by atoms with E-state index in [1.165, 1.54) is 5.56 Å². The summed E-state index contributed by atoms with van der Waals surface area (Å²) in [6.45, 7) is 2.02. The van der Waals surface area contributed by atoms with Crippen LogP contribution in [0.5, 0.6) is 0 Å². The molecule has 0 fully saturated rings. The number of benzene rings is 2. The highest BCUT2D eigenvalue weighted by atomic mass is 35.5. The minimum absolute atomic E-state index is 0.0104. The second kappa shape index (κ2) is 7.55. The maximum atomic E-state index is 12.2. The number of thiazole rings is 1. The molecule has 0 atom stereocenters. The van der Waals surface area contributed by atoms with Crippen LogP contribution in [-0.4, -0.2) is 15.3 Å². The van der Waals surface area contributed by atoms with Crippen molar-refractivity contribution in [2.75, 3.05) is 5.32 Å². The summed E-state index contributed by atoms with van der Waals surface area (Å²) < 4.78 is 2.06. The highest BCUT2D eigenvalue weighted by Gasteiger charge is 2.11. The van der Waals surface area contributed by atoms with Gasteiger partial charge in [-0.05, 0) is 37.6 Å². The van der Waals surface area contributed by atoms with Crippen molar-refractivity contribution in [1.29, 1.82) is 0 Å². The van der Waals surface area contributed by atoms with Gasteiger partial charge in [0.25, 0.3) is 0 Å². The Morgan fingerprint density at radius 1 is 1.15 bits per heavy atom. The van der Waals surface area contributed by atoms with Crippen LogP contribution >= 0.6 is 22.9 Å². The van der Waals surface area contributed by atoms with Crippen molar-refractivity contribution < 1.29 is 4.79 Å². The first-order valence-corrected chi connectivity index (χ1v) is 9.92. The molecule has 2 heterocycles. The molecule has 0 aliphatic carbocycles. The van der Waals surface area contributed by atoms with E-state index in [0.29, 0.717) is 17.9 Å². The standard InChI is InChI=1S/C21H18ClN3OS/c1-14-2-8-17(9-3-14)23-20(26)11-10-18-13-27-21-24-19(12-25(18)21)15-4-6-16(22)7-5-15/h2-9,12-13H,10-11H2,1H3,(H,23,26). The third-order valence-corrected chi connectivity index (χ3v) is 5.51. The van der Waals surface area contributed by atoms with E-state index >= 15 is 0 Å². The van der Waals surface area contributed by atoms with Gasteiger partial charge >= 0.3 is 0 Å². The molecule has 4 aromatic rings. The molecule has 2 aromatic carbocycles. The molecule has 4 nitrogen and oxygen atoms in total. The quantitative estimate of drug-likeness (QED) is 0.478. The molecule has 0 radical (unpaired) electrons. The fraction of sp³-hybridized carbons (Fsp3) is 0.143. The Labute approximate surface area is 166 Å². The molecular formula is C21H18ClN3OS. The minimum atomic E-state index is 0.0104. The molecule has 0 spiro atoms. The van der Waals surface area contributed by atoms with Crippen LogP contribution in [0.4, 0.5) is 5.69 Å². The molecule has 0 aliphatic rings. The van der Waals surface area contributed by atoms with Crippen LogP contribution in [0.3, 0.4) is 0 Å². The number of rotatable bonds is 5. The van der Waals surface area contributed by atoms with Gasteiger partial charge in [-0.2, -0.15) is 0 Å². The molecule has 1 N–H and O–H groups in total. The summed E-state index contributed by atoms with van der Waals surface area (Å²) in [5, 5.41) is 5.71. The van der Waals surface area contributed by atoms with Gasteiger partial charge in [0.05, 0.1) is 5.69 Å². The number of nitrogens with one attached hydrogen (secondary N) is 1. The topological polar surface area (TPSA) is 46.4 Å². The van der Waals surface area contributed by atoms with Crippen molar-refractivity contribution in [3.63, 3.8) is 0 Å². The summed E-state index contributed by atoms with van der Waals surface area (Å²) in [6.07, 6.45) is 3.10. The van der Waals surface area contributed by atoms with Gasteiger partial charge in [-0.1, -0.05) is 41.4 Å². The summed E-state index contributed by atoms with van der Waals surface area (Å²) in [6, 6.07) is 15.5. The third kappa shape index (κ3) is 4.04. The molecular weight excluding hydrogens is 378 g/mol. The highest BCUT2D eigenvalue weighted by molar-refractivity contribution is 7.15. The van der Waals surface area contributed by atoms with Crippen LogP contribution in [-0.2, 0) is 11.2 Å². The third-order valence-electron chi connectivity index (χ3n) is 4.37. The van der Waals surface area contributed by atoms with Crippen LogP contribution in [0.2, 0.25) is 5.02 Å². The monoisotopic (exact) mass is 395 g/mol. The Morgan fingerprint density at radius 2 is 1.89 bits per heavy atom. The van der Waals surface area contributed by atoms with Gasteiger partial charge in [0.2, 0.25) is 5.91 Å². The van der Waals surface area contributed by atoms with Crippen LogP contribution in [0.25, 0.3) is 16.2 Å². The molecule has 2 aromatic heterocycles. The van der Waals surface area contributed by atoms with Gasteiger partial charge in [0, 0.05) is 40.0 Å². The van der Waals surface area contributed by atoms with Gasteiger partial charge < -0.3 is 5.32 Å². The molecule has 6 heteroatoms. The van der Waals surface area contributed by atoms with Crippen LogP contribution < -0.4 is 5.32 Å². The number of carbonyl (C=O) groups is 1. The Kier molecular flexibility index (Phi) is 4.97. The number of carbonyl (C=O) groups excluding carboxylic acids is 1. The molecule has 136 valence electrons. The summed E-state index contributed by atoms with van der Waals surface area (Å²) in [5.74, 6) is 0.0104. The smallest absolute Gasteiger partial charge is 0.224 e. The summed E-state index contributed by atoms with van der Waals surface area (Å²) >= 11 is 7.54. The van der Waals surface area contributed by atoms with E-state index in [4.69, 9.17) is 11.6 Å². The SMILES string of the molecule is Cc1ccc(NC(=O)CCc2csc3nc(-c4ccc(Cl)cc4)cn23)cc1. The molecule has 0 aliphatic heterocycles. The number of aromatic nitrogens is 2. The lowest BCUT2D eigenvalue weighted by atomic mass is 10.2. The number of hydrogen-bond donors (Lipinski definition) is 1. The number of nitrogens with zero attached hydrogens (tertiary/aromatic N) is 2. The van der Waals surface area contributed by atoms with Crippen molar-refractivity contribution in [2.24, 2.45) is 0 Å². The summed E-state index contributed by atoms with van der Waals surface area (Å²) in [5.41, 5.74) is 5.02. The van der Waals surface area contributed by atoms with Crippen molar-refractivity contribution in [3.05, 3.63) is 76.4 Å². The molecule has 0 bridgehead atoms. The lowest BCUT2D eigenvalue weighted by Gasteiger charge is -2.05. The molecule has 0 saturated heterocycles. The maximum Gasteiger partial charge on any atom is 0.224 e. The van der Waals surface area contributed by atoms with E-state index in [-0.39, 0.29) is 5.91 Å². The van der Waals surface area contributed by atoms with Crippen molar-refractivity contribution >= 4 is 39.5 Å². The maximum absolute atomic E-state index is 12.2. The van der Waals surface area contributed by atoms with Gasteiger partial charge in [-0.25, -0.2) is 4.98 Å². The second-order valence-electron chi connectivity index (χ2n) is 6.43. The predicted octanol–water partition coefficient (Wildman–Crippen LogP) is 5.60. The molecule has 1 amide bonds. The summed E-state index contributed by atoms with van der Waals surface area (Å²) in [4.78, 5) is 17.8. The first-order chi connectivity index (χ1) is 13.1. The van der Waals surface area contributed by atoms with Crippen molar-refractivity contribution in [3.8, 4) is 11.3 Å². The predicted molar refractivity (Wildman–Crippen MR) is 112 cm³/mol. The van der Waals surface area contributed by atoms with E-state index < -0.39 is 0 Å². The average Bonchev–Trinajstić information content (AvgIpc) is 3.24. The zero-order valence-corrected chi connectivity index (χ0v) is 16.3. The number of imidazole rings is 1. The van der Waals surface area contributed by atoms with Crippen LogP contribution in [0.1, 0.15) is 17.7 Å². The first kappa shape index (κ1) is 17.8. The number of anilines is 1. The summed E-state index contributed by atoms with van der Waals surface area (Å²) in [7, 11) is 0. The fourth-order valence-electron chi connectivity index (χ4n) is 2.87. The lowest BCUT2D eigenvalue weighted by Crippen LogP contribution is -2.12.